The Bertz CT molecular complexity index is 131. The summed E-state index contributed by atoms with van der Waals surface area (Å²) in [5.41, 5.74) is 0. The van der Waals surface area contributed by atoms with Gasteiger partial charge in [-0.2, -0.15) is 0 Å². The third-order valence-corrected chi connectivity index (χ3v) is 3.56. The zero-order valence-corrected chi connectivity index (χ0v) is 11.6. The van der Waals surface area contributed by atoms with Crippen LogP contribution in [-0.4, -0.2) is 6.10 Å². The van der Waals surface area contributed by atoms with Gasteiger partial charge in [0.05, 0.1) is 6.10 Å². The van der Waals surface area contributed by atoms with Gasteiger partial charge in [0, 0.05) is 0 Å². The summed E-state index contributed by atoms with van der Waals surface area (Å²) in [5.74, 6) is 0.365. The van der Waals surface area contributed by atoms with E-state index in [0.29, 0.717) is 5.92 Å². The van der Waals surface area contributed by atoms with E-state index in [-0.39, 0.29) is 6.10 Å². The van der Waals surface area contributed by atoms with Crippen molar-refractivity contribution in [2.45, 2.75) is 91.1 Å². The van der Waals surface area contributed by atoms with E-state index in [4.69, 9.17) is 0 Å². The lowest BCUT2D eigenvalue weighted by atomic mass is 9.98. The minimum absolute atomic E-state index is 0.365. The maximum Gasteiger partial charge on any atom is 0.0927 e. The van der Waals surface area contributed by atoms with Crippen molar-refractivity contribution in [2.24, 2.45) is 5.92 Å². The maximum absolute atomic E-state index is 11.1. The summed E-state index contributed by atoms with van der Waals surface area (Å²) in [6, 6.07) is 0. The first-order valence-electron chi connectivity index (χ1n) is 7.34. The van der Waals surface area contributed by atoms with Crippen LogP contribution in [-0.2, 0) is 5.11 Å². The molecule has 0 aliphatic carbocycles. The van der Waals surface area contributed by atoms with Crippen molar-refractivity contribution in [3.8, 4) is 0 Å². The van der Waals surface area contributed by atoms with Crippen LogP contribution in [0.5, 0.6) is 0 Å². The lowest BCUT2D eigenvalue weighted by molar-refractivity contribution is 0.0546. The molecule has 2 atom stereocenters. The number of unbranched alkanes of at least 4 members (excludes halogenated alkanes) is 8. The smallest absolute Gasteiger partial charge is 0.0927 e. The van der Waals surface area contributed by atoms with Crippen LogP contribution in [0.3, 0.4) is 0 Å². The number of hydrogen-bond donors (Lipinski definition) is 0. The van der Waals surface area contributed by atoms with Crippen molar-refractivity contribution >= 4 is 0 Å². The molecule has 97 valence electrons. The molecule has 1 radical (unpaired) electrons. The van der Waals surface area contributed by atoms with Gasteiger partial charge in [-0.25, -0.2) is 5.11 Å². The van der Waals surface area contributed by atoms with Crippen LogP contribution in [0.1, 0.15) is 85.0 Å². The Morgan fingerprint density at radius 1 is 0.750 bits per heavy atom. The van der Waals surface area contributed by atoms with Crippen molar-refractivity contribution in [1.82, 2.24) is 0 Å². The molecule has 0 aliphatic heterocycles. The average Bonchev–Trinajstić information content (AvgIpc) is 2.26. The quantitative estimate of drug-likeness (QED) is 0.423. The number of hydrogen-bond acceptors (Lipinski definition) is 0. The summed E-state index contributed by atoms with van der Waals surface area (Å²) in [6.07, 6.45) is 13.1. The minimum Gasteiger partial charge on any atom is -0.233 e. The first-order chi connectivity index (χ1) is 7.68. The second-order valence-corrected chi connectivity index (χ2v) is 5.30. The molecule has 0 saturated heterocycles. The predicted octanol–water partition coefficient (Wildman–Crippen LogP) is 5.36. The lowest BCUT2D eigenvalue weighted by Gasteiger charge is -2.11. The molecule has 0 aromatic rings. The van der Waals surface area contributed by atoms with E-state index in [9.17, 15) is 5.11 Å². The van der Waals surface area contributed by atoms with Gasteiger partial charge in [-0.05, 0) is 19.3 Å². The van der Waals surface area contributed by atoms with Crippen molar-refractivity contribution in [1.29, 1.82) is 0 Å². The van der Waals surface area contributed by atoms with Crippen LogP contribution < -0.4 is 0 Å². The molecule has 0 amide bonds. The van der Waals surface area contributed by atoms with Crippen LogP contribution in [0.25, 0.3) is 0 Å². The largest absolute Gasteiger partial charge is 0.233 e. The van der Waals surface area contributed by atoms with E-state index < -0.39 is 0 Å². The summed E-state index contributed by atoms with van der Waals surface area (Å²) < 4.78 is 0. The minimum atomic E-state index is -0.381. The van der Waals surface area contributed by atoms with Gasteiger partial charge in [0.1, 0.15) is 0 Å². The highest BCUT2D eigenvalue weighted by molar-refractivity contribution is 4.58. The summed E-state index contributed by atoms with van der Waals surface area (Å²) in [7, 11) is 0. The van der Waals surface area contributed by atoms with Gasteiger partial charge in [0.2, 0.25) is 0 Å². The Hall–Kier alpha value is -0.0400. The Kier molecular flexibility index (Phi) is 11.4. The SMILES string of the molecule is CCCCCCCCCCCC(C)C(C)[O]. The maximum atomic E-state index is 11.1. The molecule has 0 aromatic carbocycles. The predicted molar refractivity (Wildman–Crippen MR) is 71.2 cm³/mol. The fourth-order valence-electron chi connectivity index (χ4n) is 2.01. The topological polar surface area (TPSA) is 19.9 Å². The van der Waals surface area contributed by atoms with Gasteiger partial charge in [-0.15, -0.1) is 0 Å². The summed E-state index contributed by atoms with van der Waals surface area (Å²) in [4.78, 5) is 0. The molecule has 2 unspecified atom stereocenters. The fourth-order valence-corrected chi connectivity index (χ4v) is 2.01. The molecule has 0 aliphatic rings. The molecular formula is C15H31O. The van der Waals surface area contributed by atoms with Crippen molar-refractivity contribution < 1.29 is 5.11 Å². The standard InChI is InChI=1S/C15H31O/c1-4-5-6-7-8-9-10-11-12-13-14(2)15(3)16/h14-15H,4-13H2,1-3H3. The van der Waals surface area contributed by atoms with Gasteiger partial charge < -0.3 is 0 Å². The van der Waals surface area contributed by atoms with Crippen LogP contribution in [0.4, 0.5) is 0 Å². The summed E-state index contributed by atoms with van der Waals surface area (Å²) in [5, 5.41) is 11.1. The monoisotopic (exact) mass is 227 g/mol. The highest BCUT2D eigenvalue weighted by Crippen LogP contribution is 2.15. The van der Waals surface area contributed by atoms with Crippen LogP contribution in [0.15, 0.2) is 0 Å². The van der Waals surface area contributed by atoms with Gasteiger partial charge >= 0.3 is 0 Å². The Balaban J connectivity index is 3.04. The van der Waals surface area contributed by atoms with Gasteiger partial charge in [-0.3, -0.25) is 0 Å². The van der Waals surface area contributed by atoms with Crippen LogP contribution >= 0.6 is 0 Å². The lowest BCUT2D eigenvalue weighted by Crippen LogP contribution is -2.10. The second kappa shape index (κ2) is 11.4. The summed E-state index contributed by atoms with van der Waals surface area (Å²) >= 11 is 0. The van der Waals surface area contributed by atoms with Crippen molar-refractivity contribution in [3.63, 3.8) is 0 Å². The van der Waals surface area contributed by atoms with E-state index in [1.165, 1.54) is 57.8 Å². The molecule has 0 aromatic heterocycles. The van der Waals surface area contributed by atoms with Crippen molar-refractivity contribution in [2.75, 3.05) is 0 Å². The van der Waals surface area contributed by atoms with E-state index in [0.717, 1.165) is 6.42 Å². The highest BCUT2D eigenvalue weighted by atomic mass is 16.3. The molecule has 16 heavy (non-hydrogen) atoms. The van der Waals surface area contributed by atoms with Crippen LogP contribution in [0, 0.1) is 5.92 Å². The van der Waals surface area contributed by atoms with E-state index in [1.54, 1.807) is 6.92 Å². The first-order valence-corrected chi connectivity index (χ1v) is 7.34. The normalized spacial score (nSPS) is 15.0. The Labute approximate surface area is 103 Å². The van der Waals surface area contributed by atoms with Crippen molar-refractivity contribution in [3.05, 3.63) is 0 Å². The Morgan fingerprint density at radius 2 is 1.19 bits per heavy atom. The molecule has 0 rings (SSSR count). The molecule has 1 heteroatoms. The highest BCUT2D eigenvalue weighted by Gasteiger charge is 2.08. The fraction of sp³-hybridized carbons (Fsp3) is 1.00. The third-order valence-electron chi connectivity index (χ3n) is 3.56. The Morgan fingerprint density at radius 3 is 1.62 bits per heavy atom. The molecule has 0 fully saturated rings. The van der Waals surface area contributed by atoms with E-state index in [2.05, 4.69) is 13.8 Å². The third kappa shape index (κ3) is 10.5. The zero-order valence-electron chi connectivity index (χ0n) is 11.6. The molecular weight excluding hydrogens is 196 g/mol. The number of rotatable bonds is 11. The second-order valence-electron chi connectivity index (χ2n) is 5.30. The molecule has 0 bridgehead atoms. The van der Waals surface area contributed by atoms with E-state index >= 15 is 0 Å². The molecule has 0 spiro atoms. The first kappa shape index (κ1) is 16.0. The van der Waals surface area contributed by atoms with Crippen LogP contribution in [0.2, 0.25) is 0 Å². The zero-order chi connectivity index (χ0) is 12.2. The average molecular weight is 227 g/mol. The van der Waals surface area contributed by atoms with Gasteiger partial charge in [0.15, 0.2) is 0 Å². The summed E-state index contributed by atoms with van der Waals surface area (Å²) in [6.45, 7) is 6.14. The van der Waals surface area contributed by atoms with Gasteiger partial charge in [-0.1, -0.05) is 71.6 Å². The van der Waals surface area contributed by atoms with E-state index in [1.807, 2.05) is 0 Å². The van der Waals surface area contributed by atoms with Gasteiger partial charge in [0.25, 0.3) is 0 Å². The molecule has 1 nitrogen and oxygen atoms in total. The molecule has 0 heterocycles. The molecule has 0 N–H and O–H groups in total. The molecule has 0 saturated carbocycles.